The van der Waals surface area contributed by atoms with Crippen molar-refractivity contribution in [1.82, 2.24) is 0 Å². The van der Waals surface area contributed by atoms with Crippen LogP contribution in [-0.2, 0) is 0 Å². The van der Waals surface area contributed by atoms with Gasteiger partial charge in [-0.2, -0.15) is 0 Å². The highest BCUT2D eigenvalue weighted by Crippen LogP contribution is 2.31. The lowest BCUT2D eigenvalue weighted by atomic mass is 9.97. The molecule has 0 bridgehead atoms. The molecule has 0 spiro atoms. The first-order chi connectivity index (χ1) is 6.58. The van der Waals surface area contributed by atoms with E-state index in [9.17, 15) is 4.79 Å². The van der Waals surface area contributed by atoms with E-state index in [0.717, 1.165) is 22.4 Å². The molecule has 0 fully saturated rings. The average molecular weight is 190 g/mol. The van der Waals surface area contributed by atoms with Crippen LogP contribution in [0.3, 0.4) is 0 Å². The van der Waals surface area contributed by atoms with Crippen LogP contribution in [0.1, 0.15) is 34.8 Å². The highest BCUT2D eigenvalue weighted by Gasteiger charge is 2.24. The van der Waals surface area contributed by atoms with Gasteiger partial charge in [-0.05, 0) is 38.0 Å². The summed E-state index contributed by atoms with van der Waals surface area (Å²) in [4.78, 5) is 11.7. The molecule has 0 amide bonds. The summed E-state index contributed by atoms with van der Waals surface area (Å²) in [5.41, 5.74) is 2.92. The van der Waals surface area contributed by atoms with E-state index in [1.165, 1.54) is 0 Å². The van der Waals surface area contributed by atoms with E-state index in [1.54, 1.807) is 0 Å². The summed E-state index contributed by atoms with van der Waals surface area (Å²) in [6, 6.07) is 3.96. The number of ketones is 1. The highest BCUT2D eigenvalue weighted by molar-refractivity contribution is 6.00. The first-order valence-corrected chi connectivity index (χ1v) is 4.89. The van der Waals surface area contributed by atoms with Crippen LogP contribution in [0.2, 0.25) is 0 Å². The van der Waals surface area contributed by atoms with E-state index in [0.29, 0.717) is 6.42 Å². The monoisotopic (exact) mass is 190 g/mol. The maximum atomic E-state index is 11.7. The normalized spacial score (nSPS) is 20.2. The molecule has 1 aromatic rings. The average Bonchev–Trinajstić information content (AvgIpc) is 2.07. The number of Topliss-reactive ketones (excluding diaryl/α,β-unsaturated/α-hetero) is 1. The Labute approximate surface area is 83.9 Å². The number of fused-ring (bicyclic) bond motifs is 1. The minimum Gasteiger partial charge on any atom is -0.489 e. The molecule has 1 atom stereocenters. The molecule has 1 aromatic carbocycles. The fraction of sp³-hybridized carbons (Fsp3) is 0.417. The molecule has 0 unspecified atom stereocenters. The van der Waals surface area contributed by atoms with Crippen LogP contribution >= 0.6 is 0 Å². The predicted octanol–water partition coefficient (Wildman–Crippen LogP) is 2.66. The molecule has 0 radical (unpaired) electrons. The van der Waals surface area contributed by atoms with Crippen molar-refractivity contribution in [3.05, 3.63) is 28.8 Å². The fourth-order valence-electron chi connectivity index (χ4n) is 1.93. The van der Waals surface area contributed by atoms with E-state index in [1.807, 2.05) is 32.9 Å². The lowest BCUT2D eigenvalue weighted by Gasteiger charge is -2.24. The molecule has 0 aliphatic carbocycles. The maximum Gasteiger partial charge on any atom is 0.170 e. The third kappa shape index (κ3) is 1.41. The van der Waals surface area contributed by atoms with Crippen LogP contribution in [0, 0.1) is 13.8 Å². The number of benzene rings is 1. The number of aryl methyl sites for hydroxylation is 2. The summed E-state index contributed by atoms with van der Waals surface area (Å²) in [5.74, 6) is 0.977. The molecule has 1 aliphatic rings. The zero-order chi connectivity index (χ0) is 10.3. The highest BCUT2D eigenvalue weighted by atomic mass is 16.5. The number of hydrogen-bond donors (Lipinski definition) is 0. The van der Waals surface area contributed by atoms with E-state index in [-0.39, 0.29) is 11.9 Å². The summed E-state index contributed by atoms with van der Waals surface area (Å²) in [6.07, 6.45) is 0.506. The van der Waals surface area contributed by atoms with Crippen LogP contribution < -0.4 is 4.74 Å². The Morgan fingerprint density at radius 1 is 1.36 bits per heavy atom. The van der Waals surface area contributed by atoms with Crippen molar-refractivity contribution in [2.24, 2.45) is 0 Å². The summed E-state index contributed by atoms with van der Waals surface area (Å²) >= 11 is 0. The molecule has 74 valence electrons. The number of ether oxygens (including phenoxy) is 1. The Hall–Kier alpha value is -1.31. The van der Waals surface area contributed by atoms with E-state index in [4.69, 9.17) is 4.74 Å². The molecule has 0 saturated heterocycles. The minimum absolute atomic E-state index is 0.0106. The second-order valence-corrected chi connectivity index (χ2v) is 4.01. The maximum absolute atomic E-state index is 11.7. The number of carbonyl (C=O) groups is 1. The molecule has 2 heteroatoms. The molecule has 2 rings (SSSR count). The van der Waals surface area contributed by atoms with E-state index >= 15 is 0 Å². The third-order valence-corrected chi connectivity index (χ3v) is 2.51. The van der Waals surface area contributed by atoms with Crippen molar-refractivity contribution in [2.75, 3.05) is 0 Å². The zero-order valence-electron chi connectivity index (χ0n) is 8.76. The summed E-state index contributed by atoms with van der Waals surface area (Å²) in [6.45, 7) is 5.91. The second-order valence-electron chi connectivity index (χ2n) is 4.01. The van der Waals surface area contributed by atoms with Gasteiger partial charge in [0.25, 0.3) is 0 Å². The van der Waals surface area contributed by atoms with Crippen molar-refractivity contribution < 1.29 is 9.53 Å². The number of carbonyl (C=O) groups excluding carboxylic acids is 1. The van der Waals surface area contributed by atoms with Gasteiger partial charge in [-0.1, -0.05) is 6.07 Å². The lowest BCUT2D eigenvalue weighted by molar-refractivity contribution is 0.0869. The largest absolute Gasteiger partial charge is 0.489 e. The Kier molecular flexibility index (Phi) is 2.06. The van der Waals surface area contributed by atoms with E-state index in [2.05, 4.69) is 0 Å². The van der Waals surface area contributed by atoms with Gasteiger partial charge in [-0.3, -0.25) is 4.79 Å². The predicted molar refractivity (Wildman–Crippen MR) is 55.0 cm³/mol. The molecule has 2 nitrogen and oxygen atoms in total. The Morgan fingerprint density at radius 2 is 2.07 bits per heavy atom. The summed E-state index contributed by atoms with van der Waals surface area (Å²) in [7, 11) is 0. The summed E-state index contributed by atoms with van der Waals surface area (Å²) < 4.78 is 5.67. The van der Waals surface area contributed by atoms with Crippen molar-refractivity contribution in [1.29, 1.82) is 0 Å². The minimum atomic E-state index is 0.0106. The molecule has 14 heavy (non-hydrogen) atoms. The van der Waals surface area contributed by atoms with E-state index < -0.39 is 0 Å². The topological polar surface area (TPSA) is 26.3 Å². The van der Waals surface area contributed by atoms with Crippen LogP contribution in [0.5, 0.6) is 5.75 Å². The molecule has 0 aromatic heterocycles. The van der Waals surface area contributed by atoms with Gasteiger partial charge >= 0.3 is 0 Å². The van der Waals surface area contributed by atoms with Crippen molar-refractivity contribution >= 4 is 5.78 Å². The van der Waals surface area contributed by atoms with Crippen molar-refractivity contribution in [2.45, 2.75) is 33.3 Å². The van der Waals surface area contributed by atoms with Crippen LogP contribution in [-0.4, -0.2) is 11.9 Å². The van der Waals surface area contributed by atoms with Crippen LogP contribution in [0.15, 0.2) is 12.1 Å². The molecule has 1 aliphatic heterocycles. The van der Waals surface area contributed by atoms with Crippen molar-refractivity contribution in [3.63, 3.8) is 0 Å². The Balaban J connectivity index is 2.59. The lowest BCUT2D eigenvalue weighted by Crippen LogP contribution is -2.24. The van der Waals surface area contributed by atoms with Gasteiger partial charge in [-0.15, -0.1) is 0 Å². The smallest absolute Gasteiger partial charge is 0.170 e. The second kappa shape index (κ2) is 3.12. The van der Waals surface area contributed by atoms with Gasteiger partial charge in [-0.25, -0.2) is 0 Å². The zero-order valence-corrected chi connectivity index (χ0v) is 8.76. The van der Waals surface area contributed by atoms with Gasteiger partial charge in [0, 0.05) is 6.42 Å². The van der Waals surface area contributed by atoms with Crippen molar-refractivity contribution in [3.8, 4) is 5.75 Å². The number of rotatable bonds is 0. The molecule has 1 heterocycles. The summed E-state index contributed by atoms with van der Waals surface area (Å²) in [5, 5.41) is 0. The molecule has 0 N–H and O–H groups in total. The molecular formula is C12H14O2. The van der Waals surface area contributed by atoms with Gasteiger partial charge < -0.3 is 4.74 Å². The first kappa shape index (κ1) is 9.25. The SMILES string of the molecule is Cc1cc(C)c2c(c1)C(=O)C[C@H](C)O2. The van der Waals surface area contributed by atoms with Gasteiger partial charge in [0.2, 0.25) is 0 Å². The fourth-order valence-corrected chi connectivity index (χ4v) is 1.93. The van der Waals surface area contributed by atoms with Gasteiger partial charge in [0.15, 0.2) is 5.78 Å². The third-order valence-electron chi connectivity index (χ3n) is 2.51. The molecule has 0 saturated carbocycles. The molecular weight excluding hydrogens is 176 g/mol. The first-order valence-electron chi connectivity index (χ1n) is 4.89. The quantitative estimate of drug-likeness (QED) is 0.628. The van der Waals surface area contributed by atoms with Crippen LogP contribution in [0.25, 0.3) is 0 Å². The number of hydrogen-bond acceptors (Lipinski definition) is 2. The van der Waals surface area contributed by atoms with Gasteiger partial charge in [0.05, 0.1) is 5.56 Å². The Bertz CT molecular complexity index is 394. The standard InChI is InChI=1S/C12H14O2/c1-7-4-8(2)12-10(5-7)11(13)6-9(3)14-12/h4-5,9H,6H2,1-3H3/t9-/m0/s1. The Morgan fingerprint density at radius 3 is 2.79 bits per heavy atom. The van der Waals surface area contributed by atoms with Crippen LogP contribution in [0.4, 0.5) is 0 Å². The van der Waals surface area contributed by atoms with Gasteiger partial charge in [0.1, 0.15) is 11.9 Å².